The normalized spacial score (nSPS) is 15.5. The van der Waals surface area contributed by atoms with Gasteiger partial charge in [-0.05, 0) is 53.7 Å². The van der Waals surface area contributed by atoms with Crippen LogP contribution in [0.2, 0.25) is 0 Å². The number of pyridine rings is 1. The maximum absolute atomic E-state index is 11.9. The molecule has 0 saturated heterocycles. The predicted octanol–water partition coefficient (Wildman–Crippen LogP) is 3.53. The summed E-state index contributed by atoms with van der Waals surface area (Å²) in [7, 11) is 0. The van der Waals surface area contributed by atoms with Crippen LogP contribution in [0.3, 0.4) is 0 Å². The number of carbonyl (C=O) groups is 1. The number of nitrogens with zero attached hydrogens (tertiary/aromatic N) is 2. The molecular formula is C14H16BrN3O. The molecule has 1 N–H and O–H groups in total. The maximum atomic E-state index is 11.9. The number of amides is 1. The molecule has 0 unspecified atom stereocenters. The van der Waals surface area contributed by atoms with E-state index in [-0.39, 0.29) is 5.91 Å². The first-order valence-electron chi connectivity index (χ1n) is 6.57. The molecule has 1 amide bonds. The lowest BCUT2D eigenvalue weighted by atomic mass is 9.83. The Morgan fingerprint density at radius 2 is 2.32 bits per heavy atom. The number of rotatable bonds is 3. The summed E-state index contributed by atoms with van der Waals surface area (Å²) in [5.74, 6) is 0.697. The first-order valence-corrected chi connectivity index (χ1v) is 7.37. The van der Waals surface area contributed by atoms with Crippen LogP contribution in [0.25, 0.3) is 5.65 Å². The van der Waals surface area contributed by atoms with Gasteiger partial charge in [0.05, 0.1) is 11.4 Å². The van der Waals surface area contributed by atoms with Gasteiger partial charge < -0.3 is 5.32 Å². The summed E-state index contributed by atoms with van der Waals surface area (Å²) in [5.41, 5.74) is 2.63. The highest BCUT2D eigenvalue weighted by Crippen LogP contribution is 2.29. The Balaban J connectivity index is 1.76. The van der Waals surface area contributed by atoms with Crippen LogP contribution >= 0.6 is 15.9 Å². The first-order chi connectivity index (χ1) is 9.13. The fraction of sp³-hybridized carbons (Fsp3) is 0.429. The van der Waals surface area contributed by atoms with E-state index in [1.165, 1.54) is 19.3 Å². The van der Waals surface area contributed by atoms with Crippen molar-refractivity contribution in [2.75, 3.05) is 5.32 Å². The van der Waals surface area contributed by atoms with Gasteiger partial charge in [0.1, 0.15) is 10.3 Å². The summed E-state index contributed by atoms with van der Waals surface area (Å²) in [4.78, 5) is 16.3. The Labute approximate surface area is 120 Å². The number of imidazole rings is 1. The molecule has 1 fully saturated rings. The minimum Gasteiger partial charge on any atom is -0.325 e. The summed E-state index contributed by atoms with van der Waals surface area (Å²) in [6.45, 7) is 1.95. The third-order valence-corrected chi connectivity index (χ3v) is 4.66. The van der Waals surface area contributed by atoms with Crippen molar-refractivity contribution in [3.8, 4) is 0 Å². The smallest absolute Gasteiger partial charge is 0.224 e. The summed E-state index contributed by atoms with van der Waals surface area (Å²) in [6.07, 6.45) is 6.20. The first kappa shape index (κ1) is 12.7. The second-order valence-electron chi connectivity index (χ2n) is 5.18. The number of halogens is 1. The quantitative estimate of drug-likeness (QED) is 0.939. The van der Waals surface area contributed by atoms with Crippen molar-refractivity contribution in [3.63, 3.8) is 0 Å². The number of aryl methyl sites for hydroxylation is 1. The van der Waals surface area contributed by atoms with Gasteiger partial charge in [0, 0.05) is 12.6 Å². The third kappa shape index (κ3) is 2.52. The maximum Gasteiger partial charge on any atom is 0.224 e. The highest BCUT2D eigenvalue weighted by molar-refractivity contribution is 9.10. The zero-order valence-electron chi connectivity index (χ0n) is 10.8. The Morgan fingerprint density at radius 3 is 3.00 bits per heavy atom. The minimum atomic E-state index is 0.108. The van der Waals surface area contributed by atoms with Crippen LogP contribution in [0, 0.1) is 12.8 Å². The molecule has 3 rings (SSSR count). The lowest BCUT2D eigenvalue weighted by molar-refractivity contribution is -0.117. The van der Waals surface area contributed by atoms with Crippen LogP contribution in [0.5, 0.6) is 0 Å². The summed E-state index contributed by atoms with van der Waals surface area (Å²) in [5, 5.41) is 2.96. The summed E-state index contributed by atoms with van der Waals surface area (Å²) >= 11 is 3.50. The van der Waals surface area contributed by atoms with E-state index in [0.717, 1.165) is 21.6 Å². The van der Waals surface area contributed by atoms with Crippen LogP contribution in [0.15, 0.2) is 22.9 Å². The zero-order chi connectivity index (χ0) is 13.4. The molecule has 0 atom stereocenters. The highest BCUT2D eigenvalue weighted by Gasteiger charge is 2.20. The van der Waals surface area contributed by atoms with Crippen LogP contribution < -0.4 is 5.32 Å². The van der Waals surface area contributed by atoms with Crippen molar-refractivity contribution >= 4 is 33.2 Å². The lowest BCUT2D eigenvalue weighted by Gasteiger charge is -2.24. The van der Waals surface area contributed by atoms with E-state index in [0.29, 0.717) is 12.3 Å². The molecule has 1 aliphatic carbocycles. The average molecular weight is 322 g/mol. The molecule has 0 aliphatic heterocycles. The Morgan fingerprint density at radius 1 is 1.53 bits per heavy atom. The van der Waals surface area contributed by atoms with Crippen molar-refractivity contribution in [1.29, 1.82) is 0 Å². The molecule has 2 heterocycles. The van der Waals surface area contributed by atoms with Gasteiger partial charge in [-0.25, -0.2) is 4.98 Å². The van der Waals surface area contributed by atoms with E-state index in [1.807, 2.05) is 29.7 Å². The molecule has 5 heteroatoms. The molecule has 1 saturated carbocycles. The summed E-state index contributed by atoms with van der Waals surface area (Å²) < 4.78 is 2.87. The van der Waals surface area contributed by atoms with Gasteiger partial charge in [0.15, 0.2) is 0 Å². The van der Waals surface area contributed by atoms with Crippen molar-refractivity contribution in [2.24, 2.45) is 5.92 Å². The Bertz CT molecular complexity index is 631. The number of carbonyl (C=O) groups excluding carboxylic acids is 1. The third-order valence-electron chi connectivity index (χ3n) is 3.70. The molecule has 0 bridgehead atoms. The van der Waals surface area contributed by atoms with Crippen molar-refractivity contribution in [3.05, 3.63) is 28.6 Å². The van der Waals surface area contributed by atoms with Crippen LogP contribution in [0.4, 0.5) is 5.69 Å². The van der Waals surface area contributed by atoms with E-state index in [1.54, 1.807) is 0 Å². The molecule has 19 heavy (non-hydrogen) atoms. The average Bonchev–Trinajstić information content (AvgIpc) is 2.61. The fourth-order valence-electron chi connectivity index (χ4n) is 2.38. The molecule has 4 nitrogen and oxygen atoms in total. The van der Waals surface area contributed by atoms with Gasteiger partial charge in [-0.2, -0.15) is 0 Å². The van der Waals surface area contributed by atoms with Crippen molar-refractivity contribution in [1.82, 2.24) is 9.38 Å². The van der Waals surface area contributed by atoms with E-state index < -0.39 is 0 Å². The number of aromatic nitrogens is 2. The van der Waals surface area contributed by atoms with E-state index in [9.17, 15) is 4.79 Å². The molecule has 100 valence electrons. The largest absolute Gasteiger partial charge is 0.325 e. The van der Waals surface area contributed by atoms with Crippen LogP contribution in [-0.4, -0.2) is 15.3 Å². The van der Waals surface area contributed by atoms with Gasteiger partial charge in [0.25, 0.3) is 0 Å². The lowest BCUT2D eigenvalue weighted by Crippen LogP contribution is -2.20. The van der Waals surface area contributed by atoms with Crippen LogP contribution in [0.1, 0.15) is 31.4 Å². The second-order valence-corrected chi connectivity index (χ2v) is 5.93. The molecule has 2 aromatic heterocycles. The van der Waals surface area contributed by atoms with Gasteiger partial charge in [-0.1, -0.05) is 6.42 Å². The number of fused-ring (bicyclic) bond motifs is 1. The van der Waals surface area contributed by atoms with Gasteiger partial charge in [-0.3, -0.25) is 9.20 Å². The second kappa shape index (κ2) is 4.96. The Kier molecular flexibility index (Phi) is 3.31. The number of hydrogen-bond donors (Lipinski definition) is 1. The van der Waals surface area contributed by atoms with Gasteiger partial charge in [-0.15, -0.1) is 0 Å². The van der Waals surface area contributed by atoms with E-state index >= 15 is 0 Å². The molecule has 0 spiro atoms. The topological polar surface area (TPSA) is 46.4 Å². The monoisotopic (exact) mass is 321 g/mol. The van der Waals surface area contributed by atoms with Crippen molar-refractivity contribution in [2.45, 2.75) is 32.6 Å². The van der Waals surface area contributed by atoms with Gasteiger partial charge in [0.2, 0.25) is 5.91 Å². The number of anilines is 1. The standard InChI is InChI=1S/C14H16BrN3O/c1-9-14(15)18-8-11(5-6-12(18)16-9)17-13(19)7-10-3-2-4-10/h5-6,8,10H,2-4,7H2,1H3,(H,17,19). The van der Waals surface area contributed by atoms with E-state index in [4.69, 9.17) is 0 Å². The molecule has 0 aromatic carbocycles. The zero-order valence-corrected chi connectivity index (χ0v) is 12.4. The Hall–Kier alpha value is -1.36. The summed E-state index contributed by atoms with van der Waals surface area (Å²) in [6, 6.07) is 3.81. The fourth-order valence-corrected chi connectivity index (χ4v) is 2.75. The minimum absolute atomic E-state index is 0.108. The SMILES string of the molecule is Cc1nc2ccc(NC(=O)CC3CCC3)cn2c1Br. The van der Waals surface area contributed by atoms with Gasteiger partial charge >= 0.3 is 0 Å². The molecule has 1 aliphatic rings. The molecule has 2 aromatic rings. The number of nitrogens with one attached hydrogen (secondary N) is 1. The van der Waals surface area contributed by atoms with Crippen molar-refractivity contribution < 1.29 is 4.79 Å². The highest BCUT2D eigenvalue weighted by atomic mass is 79.9. The van der Waals surface area contributed by atoms with Crippen LogP contribution in [-0.2, 0) is 4.79 Å². The van der Waals surface area contributed by atoms with E-state index in [2.05, 4.69) is 26.2 Å². The number of hydrogen-bond acceptors (Lipinski definition) is 2. The molecule has 0 radical (unpaired) electrons. The predicted molar refractivity (Wildman–Crippen MR) is 78.2 cm³/mol. The molecular weight excluding hydrogens is 306 g/mol.